The Morgan fingerprint density at radius 2 is 1.69 bits per heavy atom. The van der Waals surface area contributed by atoms with Crippen LogP contribution in [0.15, 0.2) is 47.4 Å². The summed E-state index contributed by atoms with van der Waals surface area (Å²) in [4.78, 5) is 13.8. The van der Waals surface area contributed by atoms with Gasteiger partial charge in [0.15, 0.2) is 0 Å². The van der Waals surface area contributed by atoms with E-state index in [1.807, 2.05) is 0 Å². The topological polar surface area (TPSA) is 87.1 Å². The lowest BCUT2D eigenvalue weighted by molar-refractivity contribution is 0.109. The van der Waals surface area contributed by atoms with Gasteiger partial charge in [-0.05, 0) is 62.1 Å². The van der Waals surface area contributed by atoms with Crippen LogP contribution >= 0.6 is 23.2 Å². The Hall–Kier alpha value is -2.00. The Labute approximate surface area is 198 Å². The third-order valence-corrected chi connectivity index (χ3v) is 7.55. The lowest BCUT2D eigenvalue weighted by atomic mass is 10.2. The van der Waals surface area contributed by atoms with Gasteiger partial charge in [0.25, 0.3) is 10.0 Å². The Morgan fingerprint density at radius 1 is 1.03 bits per heavy atom. The van der Waals surface area contributed by atoms with Crippen molar-refractivity contribution in [2.75, 3.05) is 30.5 Å². The summed E-state index contributed by atoms with van der Waals surface area (Å²) >= 11 is 12.0. The van der Waals surface area contributed by atoms with Crippen LogP contribution in [-0.2, 0) is 21.4 Å². The fourth-order valence-corrected chi connectivity index (χ4v) is 5.34. The molecule has 1 aliphatic heterocycles. The average Bonchev–Trinajstić information content (AvgIpc) is 3.31. The van der Waals surface area contributed by atoms with Crippen molar-refractivity contribution in [3.63, 3.8) is 0 Å². The first-order valence-electron chi connectivity index (χ1n) is 10.4. The number of nitrogens with zero attached hydrogens (tertiary/aromatic N) is 2. The number of carbonyl (C=O) groups excluding carboxylic acids is 1. The van der Waals surface area contributed by atoms with Crippen LogP contribution in [0, 0.1) is 0 Å². The summed E-state index contributed by atoms with van der Waals surface area (Å²) in [5, 5.41) is 10.5. The Balaban J connectivity index is 1.75. The van der Waals surface area contributed by atoms with Crippen molar-refractivity contribution in [2.24, 2.45) is 0 Å². The second kappa shape index (κ2) is 11.2. The fourth-order valence-electron chi connectivity index (χ4n) is 3.51. The Kier molecular flexibility index (Phi) is 8.64. The Bertz CT molecular complexity index is 1030. The van der Waals surface area contributed by atoms with Crippen molar-refractivity contribution in [3.8, 4) is 0 Å². The molecule has 2 aromatic rings. The second-order valence-electron chi connectivity index (χ2n) is 7.48. The molecule has 0 saturated carbocycles. The zero-order valence-electron chi connectivity index (χ0n) is 17.5. The molecule has 0 unspecified atom stereocenters. The third-order valence-electron chi connectivity index (χ3n) is 5.23. The van der Waals surface area contributed by atoms with Gasteiger partial charge in [0, 0.05) is 35.2 Å². The van der Waals surface area contributed by atoms with Crippen molar-refractivity contribution >= 4 is 45.0 Å². The molecule has 1 aliphatic rings. The number of aliphatic hydroxyl groups is 1. The summed E-state index contributed by atoms with van der Waals surface area (Å²) in [5.41, 5.74) is 0.747. The fraction of sp³-hybridized carbons (Fsp3) is 0.409. The van der Waals surface area contributed by atoms with Gasteiger partial charge in [0.1, 0.15) is 0 Å². The van der Waals surface area contributed by atoms with Crippen molar-refractivity contribution in [1.82, 2.24) is 4.90 Å². The van der Waals surface area contributed by atoms with Gasteiger partial charge in [-0.15, -0.1) is 0 Å². The van der Waals surface area contributed by atoms with Gasteiger partial charge in [-0.1, -0.05) is 29.3 Å². The maximum Gasteiger partial charge on any atom is 0.409 e. The molecule has 1 saturated heterocycles. The zero-order valence-corrected chi connectivity index (χ0v) is 19.9. The summed E-state index contributed by atoms with van der Waals surface area (Å²) in [5.74, 6) is 0. The number of carbonyl (C=O) groups is 1. The van der Waals surface area contributed by atoms with Gasteiger partial charge >= 0.3 is 6.09 Å². The highest BCUT2D eigenvalue weighted by molar-refractivity contribution is 7.92. The van der Waals surface area contributed by atoms with Crippen molar-refractivity contribution in [3.05, 3.63) is 58.1 Å². The van der Waals surface area contributed by atoms with Crippen LogP contribution in [0.5, 0.6) is 0 Å². The molecule has 0 atom stereocenters. The molecule has 0 aromatic heterocycles. The third kappa shape index (κ3) is 6.07. The lowest BCUT2D eigenvalue weighted by Crippen LogP contribution is -2.33. The predicted octanol–water partition coefficient (Wildman–Crippen LogP) is 4.69. The molecule has 1 amide bonds. The molecule has 3 rings (SSSR count). The Morgan fingerprint density at radius 3 is 2.34 bits per heavy atom. The van der Waals surface area contributed by atoms with Crippen molar-refractivity contribution < 1.29 is 23.1 Å². The number of anilines is 1. The summed E-state index contributed by atoms with van der Waals surface area (Å²) in [6.45, 7) is 1.41. The standard InChI is InChI=1S/C22H26Cl2N2O5S/c23-18-7-9-20(10-8-18)32(29,30)26(21-15-19(24)6-5-17(21)16-27)13-3-4-14-31-22(28)25-11-1-2-12-25/h5-10,15,27H,1-4,11-14,16H2. The number of ether oxygens (including phenoxy) is 1. The molecular formula is C22H26Cl2N2O5S. The predicted molar refractivity (Wildman–Crippen MR) is 125 cm³/mol. The first-order chi connectivity index (χ1) is 15.3. The molecule has 1 heterocycles. The van der Waals surface area contributed by atoms with Gasteiger partial charge in [-0.3, -0.25) is 4.31 Å². The molecule has 10 heteroatoms. The number of benzene rings is 2. The van der Waals surface area contributed by atoms with E-state index in [1.165, 1.54) is 34.6 Å². The number of hydrogen-bond donors (Lipinski definition) is 1. The molecule has 1 N–H and O–H groups in total. The minimum atomic E-state index is -3.95. The highest BCUT2D eigenvalue weighted by Crippen LogP contribution is 2.31. The van der Waals surface area contributed by atoms with E-state index >= 15 is 0 Å². The highest BCUT2D eigenvalue weighted by atomic mass is 35.5. The molecule has 174 valence electrons. The molecule has 2 aromatic carbocycles. The van der Waals surface area contributed by atoms with Crippen LogP contribution in [-0.4, -0.2) is 50.8 Å². The van der Waals surface area contributed by atoms with Gasteiger partial charge in [0.05, 0.1) is 23.8 Å². The number of halogens is 2. The highest BCUT2D eigenvalue weighted by Gasteiger charge is 2.27. The van der Waals surface area contributed by atoms with E-state index in [0.29, 0.717) is 47.2 Å². The number of unbranched alkanes of at least 4 members (excludes halogenated alkanes) is 1. The van der Waals surface area contributed by atoms with E-state index in [9.17, 15) is 18.3 Å². The number of aliphatic hydroxyl groups excluding tert-OH is 1. The second-order valence-corrected chi connectivity index (χ2v) is 10.2. The maximum absolute atomic E-state index is 13.4. The van der Waals surface area contributed by atoms with Gasteiger partial charge in [-0.2, -0.15) is 0 Å². The molecule has 0 radical (unpaired) electrons. The summed E-state index contributed by atoms with van der Waals surface area (Å²) in [7, 11) is -3.95. The minimum absolute atomic E-state index is 0.0752. The quantitative estimate of drug-likeness (QED) is 0.504. The van der Waals surface area contributed by atoms with E-state index in [4.69, 9.17) is 27.9 Å². The number of sulfonamides is 1. The summed E-state index contributed by atoms with van der Waals surface area (Å²) < 4.78 is 33.4. The minimum Gasteiger partial charge on any atom is -0.449 e. The number of hydrogen-bond acceptors (Lipinski definition) is 5. The molecule has 32 heavy (non-hydrogen) atoms. The molecule has 1 fully saturated rings. The van der Waals surface area contributed by atoms with Crippen molar-refractivity contribution in [1.29, 1.82) is 0 Å². The number of rotatable bonds is 9. The average molecular weight is 501 g/mol. The van der Waals surface area contributed by atoms with Gasteiger partial charge < -0.3 is 14.7 Å². The van der Waals surface area contributed by atoms with Crippen LogP contribution in [0.4, 0.5) is 10.5 Å². The van der Waals surface area contributed by atoms with E-state index < -0.39 is 10.0 Å². The van der Waals surface area contributed by atoms with Gasteiger partial charge in [-0.25, -0.2) is 13.2 Å². The van der Waals surface area contributed by atoms with E-state index in [0.717, 1.165) is 12.8 Å². The van der Waals surface area contributed by atoms with Gasteiger partial charge in [0.2, 0.25) is 0 Å². The van der Waals surface area contributed by atoms with E-state index in [2.05, 4.69) is 0 Å². The lowest BCUT2D eigenvalue weighted by Gasteiger charge is -2.27. The number of likely N-dealkylation sites (tertiary alicyclic amines) is 1. The first kappa shape index (κ1) is 24.6. The van der Waals surface area contributed by atoms with Crippen LogP contribution in [0.1, 0.15) is 31.2 Å². The monoisotopic (exact) mass is 500 g/mol. The summed E-state index contributed by atoms with van der Waals surface area (Å²) in [6, 6.07) is 10.6. The summed E-state index contributed by atoms with van der Waals surface area (Å²) in [6.07, 6.45) is 2.57. The molecule has 0 aliphatic carbocycles. The molecule has 0 spiro atoms. The smallest absolute Gasteiger partial charge is 0.409 e. The maximum atomic E-state index is 13.4. The van der Waals surface area contributed by atoms with Crippen LogP contribution in [0.3, 0.4) is 0 Å². The SMILES string of the molecule is O=C(OCCCCN(c1cc(Cl)ccc1CO)S(=O)(=O)c1ccc(Cl)cc1)N1CCCC1. The van der Waals surface area contributed by atoms with Crippen LogP contribution in [0.2, 0.25) is 10.0 Å². The van der Waals surface area contributed by atoms with E-state index in [1.54, 1.807) is 17.0 Å². The van der Waals surface area contributed by atoms with Crippen molar-refractivity contribution in [2.45, 2.75) is 37.2 Å². The largest absolute Gasteiger partial charge is 0.449 e. The normalized spacial score (nSPS) is 13.9. The molecule has 7 nitrogen and oxygen atoms in total. The number of amides is 1. The van der Waals surface area contributed by atoms with E-state index in [-0.39, 0.29) is 30.7 Å². The molecule has 0 bridgehead atoms. The van der Waals surface area contributed by atoms with Crippen LogP contribution < -0.4 is 4.31 Å². The molecular weight excluding hydrogens is 475 g/mol. The zero-order chi connectivity index (χ0) is 23.1. The first-order valence-corrected chi connectivity index (χ1v) is 12.6. The van der Waals surface area contributed by atoms with Crippen LogP contribution in [0.25, 0.3) is 0 Å².